The molecule has 116 valence electrons. The minimum atomic E-state index is -1.85. The van der Waals surface area contributed by atoms with E-state index in [4.69, 9.17) is 0 Å². The maximum atomic E-state index is 14.0. The second-order valence-electron chi connectivity index (χ2n) is 4.74. The van der Waals surface area contributed by atoms with E-state index in [2.05, 4.69) is 5.32 Å². The van der Waals surface area contributed by atoms with Crippen LogP contribution in [-0.2, 0) is 0 Å². The lowest BCUT2D eigenvalue weighted by atomic mass is 10.1. The molecule has 0 aliphatic heterocycles. The highest BCUT2D eigenvalue weighted by Gasteiger charge is 2.18. The Morgan fingerprint density at radius 1 is 1.43 bits per heavy atom. The van der Waals surface area contributed by atoms with Gasteiger partial charge in [-0.2, -0.15) is 0 Å². The number of rotatable bonds is 6. The topological polar surface area (TPSA) is 32.3 Å². The van der Waals surface area contributed by atoms with Crippen molar-refractivity contribution < 1.29 is 18.3 Å². The van der Waals surface area contributed by atoms with Crippen LogP contribution >= 0.6 is 0 Å². The number of hydrogen-bond acceptors (Lipinski definition) is 2. The van der Waals surface area contributed by atoms with Crippen molar-refractivity contribution in [3.63, 3.8) is 0 Å². The van der Waals surface area contributed by atoms with Gasteiger partial charge >= 0.3 is 0 Å². The highest BCUT2D eigenvalue weighted by Crippen LogP contribution is 2.25. The zero-order valence-corrected chi connectivity index (χ0v) is 12.4. The number of anilines is 1. The van der Waals surface area contributed by atoms with Crippen LogP contribution in [0.5, 0.6) is 0 Å². The number of aliphatic hydroxyl groups excluding tert-OH is 1. The monoisotopic (exact) mass is 299 g/mol. The second kappa shape index (κ2) is 7.88. The Morgan fingerprint density at radius 3 is 2.57 bits per heavy atom. The molecule has 0 saturated carbocycles. The number of benzene rings is 1. The lowest BCUT2D eigenvalue weighted by Gasteiger charge is -2.16. The maximum Gasteiger partial charge on any atom is 0.157 e. The molecule has 1 aromatic carbocycles. The van der Waals surface area contributed by atoms with Gasteiger partial charge in [0.05, 0.1) is 18.0 Å². The van der Waals surface area contributed by atoms with Crippen LogP contribution in [0.15, 0.2) is 41.4 Å². The van der Waals surface area contributed by atoms with E-state index in [0.29, 0.717) is 6.42 Å². The van der Waals surface area contributed by atoms with Crippen molar-refractivity contribution >= 4 is 5.69 Å². The fourth-order valence-electron chi connectivity index (χ4n) is 1.84. The van der Waals surface area contributed by atoms with Crippen LogP contribution in [0.1, 0.15) is 25.8 Å². The van der Waals surface area contributed by atoms with Crippen molar-refractivity contribution in [3.05, 3.63) is 52.8 Å². The highest BCUT2D eigenvalue weighted by atomic mass is 19.2. The Kier molecular flexibility index (Phi) is 6.49. The minimum absolute atomic E-state index is 0.0295. The molecule has 21 heavy (non-hydrogen) atoms. The molecule has 0 fully saturated rings. The lowest BCUT2D eigenvalue weighted by molar-refractivity contribution is 0.325. The van der Waals surface area contributed by atoms with Gasteiger partial charge < -0.3 is 10.4 Å². The fourth-order valence-corrected chi connectivity index (χ4v) is 1.84. The predicted octanol–water partition coefficient (Wildman–Crippen LogP) is 4.41. The van der Waals surface area contributed by atoms with Gasteiger partial charge in [-0.3, -0.25) is 0 Å². The van der Waals surface area contributed by atoms with E-state index < -0.39 is 24.4 Å². The van der Waals surface area contributed by atoms with Gasteiger partial charge in [-0.1, -0.05) is 19.1 Å². The summed E-state index contributed by atoms with van der Waals surface area (Å²) in [6, 6.07) is 4.39. The van der Waals surface area contributed by atoms with E-state index in [0.717, 1.165) is 12.5 Å². The zero-order chi connectivity index (χ0) is 16.0. The number of aryl methyl sites for hydroxylation is 1. The number of halogens is 3. The maximum absolute atomic E-state index is 14.0. The standard InChI is InChI=1S/C16H20F3NO/c1-4-5-12(9-21)16(15(19)11(3)17)20-14-7-6-10(2)8-13(14)18/h5-8,11,20-21H,4,9H2,1-3H3/b12-5-,16-15-. The van der Waals surface area contributed by atoms with E-state index in [1.807, 2.05) is 0 Å². The number of alkyl halides is 1. The summed E-state index contributed by atoms with van der Waals surface area (Å²) in [6.07, 6.45) is 0.245. The van der Waals surface area contributed by atoms with Crippen LogP contribution in [0.2, 0.25) is 0 Å². The Hall–Kier alpha value is -1.75. The van der Waals surface area contributed by atoms with Gasteiger partial charge in [0.15, 0.2) is 12.0 Å². The van der Waals surface area contributed by atoms with Gasteiger partial charge in [0.1, 0.15) is 5.82 Å². The number of nitrogens with one attached hydrogen (secondary N) is 1. The minimum Gasteiger partial charge on any atom is -0.392 e. The first kappa shape index (κ1) is 17.3. The molecule has 0 radical (unpaired) electrons. The van der Waals surface area contributed by atoms with Crippen molar-refractivity contribution in [3.8, 4) is 0 Å². The van der Waals surface area contributed by atoms with Crippen molar-refractivity contribution in [2.75, 3.05) is 11.9 Å². The summed E-state index contributed by atoms with van der Waals surface area (Å²) in [7, 11) is 0. The van der Waals surface area contributed by atoms with Crippen LogP contribution in [-0.4, -0.2) is 17.9 Å². The van der Waals surface area contributed by atoms with Crippen molar-refractivity contribution in [2.24, 2.45) is 0 Å². The van der Waals surface area contributed by atoms with Crippen molar-refractivity contribution in [2.45, 2.75) is 33.4 Å². The Balaban J connectivity index is 3.26. The van der Waals surface area contributed by atoms with Gasteiger partial charge in [-0.25, -0.2) is 13.2 Å². The van der Waals surface area contributed by atoms with Gasteiger partial charge in [0.2, 0.25) is 0 Å². The number of allylic oxidation sites excluding steroid dienone is 2. The van der Waals surface area contributed by atoms with Crippen LogP contribution in [0.3, 0.4) is 0 Å². The molecule has 1 aromatic rings. The Labute approximate surface area is 123 Å². The first-order chi connectivity index (χ1) is 9.90. The van der Waals surface area contributed by atoms with Crippen molar-refractivity contribution in [1.29, 1.82) is 0 Å². The Bertz CT molecular complexity index is 550. The largest absolute Gasteiger partial charge is 0.392 e. The van der Waals surface area contributed by atoms with Crippen LogP contribution in [0.4, 0.5) is 18.9 Å². The van der Waals surface area contributed by atoms with Gasteiger partial charge in [-0.05, 0) is 43.5 Å². The summed E-state index contributed by atoms with van der Waals surface area (Å²) in [5.74, 6) is -1.63. The Morgan fingerprint density at radius 2 is 2.10 bits per heavy atom. The molecule has 2 nitrogen and oxygen atoms in total. The fraction of sp³-hybridized carbons (Fsp3) is 0.375. The highest BCUT2D eigenvalue weighted by molar-refractivity contribution is 5.56. The normalized spacial score (nSPS) is 14.7. The third-order valence-electron chi connectivity index (χ3n) is 2.91. The van der Waals surface area contributed by atoms with E-state index in [-0.39, 0.29) is 17.0 Å². The summed E-state index contributed by atoms with van der Waals surface area (Å²) >= 11 is 0. The molecular formula is C16H20F3NO. The van der Waals surface area contributed by atoms with Crippen molar-refractivity contribution in [1.82, 2.24) is 0 Å². The van der Waals surface area contributed by atoms with Gasteiger partial charge in [0.25, 0.3) is 0 Å². The summed E-state index contributed by atoms with van der Waals surface area (Å²) in [4.78, 5) is 0. The molecule has 0 aliphatic rings. The quantitative estimate of drug-likeness (QED) is 0.762. The van der Waals surface area contributed by atoms with E-state index in [9.17, 15) is 18.3 Å². The molecule has 0 amide bonds. The molecule has 0 heterocycles. The van der Waals surface area contributed by atoms with E-state index in [1.54, 1.807) is 26.0 Å². The summed E-state index contributed by atoms with van der Waals surface area (Å²) in [5.41, 5.74) is 0.716. The molecule has 1 atom stereocenters. The van der Waals surface area contributed by atoms with E-state index >= 15 is 0 Å². The lowest BCUT2D eigenvalue weighted by Crippen LogP contribution is -2.12. The zero-order valence-electron chi connectivity index (χ0n) is 12.4. The molecule has 0 aliphatic carbocycles. The SMILES string of the molecule is CC/C=C(CO)\C(Nc1ccc(C)cc1F)=C(\F)C(C)F. The van der Waals surface area contributed by atoms with Crippen LogP contribution < -0.4 is 5.32 Å². The molecule has 1 unspecified atom stereocenters. The first-order valence-electron chi connectivity index (χ1n) is 6.77. The average molecular weight is 299 g/mol. The van der Waals surface area contributed by atoms with Gasteiger partial charge in [0, 0.05) is 0 Å². The summed E-state index contributed by atoms with van der Waals surface area (Å²) in [6.45, 7) is 4.10. The number of aliphatic hydroxyl groups is 1. The summed E-state index contributed by atoms with van der Waals surface area (Å²) < 4.78 is 41.1. The average Bonchev–Trinajstić information content (AvgIpc) is 2.43. The predicted molar refractivity (Wildman–Crippen MR) is 78.9 cm³/mol. The molecular weight excluding hydrogens is 279 g/mol. The molecule has 0 spiro atoms. The first-order valence-corrected chi connectivity index (χ1v) is 6.77. The molecule has 0 aromatic heterocycles. The third-order valence-corrected chi connectivity index (χ3v) is 2.91. The molecule has 0 bridgehead atoms. The van der Waals surface area contributed by atoms with Gasteiger partial charge in [-0.15, -0.1) is 0 Å². The van der Waals surface area contributed by atoms with Crippen LogP contribution in [0.25, 0.3) is 0 Å². The molecule has 2 N–H and O–H groups in total. The number of hydrogen-bond donors (Lipinski definition) is 2. The molecule has 5 heteroatoms. The van der Waals surface area contributed by atoms with Crippen LogP contribution in [0, 0.1) is 12.7 Å². The third kappa shape index (κ3) is 4.63. The summed E-state index contributed by atoms with van der Waals surface area (Å²) in [5, 5.41) is 11.9. The second-order valence-corrected chi connectivity index (χ2v) is 4.74. The molecule has 1 rings (SSSR count). The smallest absolute Gasteiger partial charge is 0.157 e. The molecule has 0 saturated heterocycles. The van der Waals surface area contributed by atoms with E-state index in [1.165, 1.54) is 12.1 Å².